The van der Waals surface area contributed by atoms with Gasteiger partial charge in [0, 0.05) is 9.52 Å². The zero-order valence-corrected chi connectivity index (χ0v) is 6.98. The molecule has 0 heterocycles. The Labute approximate surface area is 48.5 Å². The molecule has 7 heavy (non-hydrogen) atoms. The average molecular weight is 117 g/mol. The Bertz CT molecular complexity index is 37.1. The minimum absolute atomic E-state index is 0.330. The highest BCUT2D eigenvalue weighted by molar-refractivity contribution is 6.33. The zero-order valence-electron chi connectivity index (χ0n) is 5.57. The van der Waals surface area contributed by atoms with Crippen LogP contribution in [0.2, 0.25) is 12.6 Å². The van der Waals surface area contributed by atoms with Crippen LogP contribution < -0.4 is 0 Å². The molecule has 44 valence electrons. The van der Waals surface area contributed by atoms with E-state index in [9.17, 15) is 0 Å². The maximum Gasteiger partial charge on any atom is 0.0182 e. The third-order valence-corrected chi connectivity index (χ3v) is 1.98. The second kappa shape index (κ2) is 4.34. The summed E-state index contributed by atoms with van der Waals surface area (Å²) < 4.78 is 0. The molecular weight excluding hydrogens is 102 g/mol. The number of rotatable bonds is 3. The third-order valence-electron chi connectivity index (χ3n) is 0.959. The molecule has 0 aliphatic rings. The largest absolute Gasteiger partial charge is 0.310 e. The van der Waals surface area contributed by atoms with Crippen LogP contribution in [0.4, 0.5) is 0 Å². The molecule has 0 bridgehead atoms. The number of hydrogen-bond acceptors (Lipinski definition) is 1. The van der Waals surface area contributed by atoms with Crippen LogP contribution in [-0.2, 0) is 0 Å². The molecule has 0 aliphatic carbocycles. The molecule has 0 spiro atoms. The maximum atomic E-state index is 2.35. The zero-order chi connectivity index (χ0) is 5.70. The van der Waals surface area contributed by atoms with Gasteiger partial charge < -0.3 is 4.90 Å². The first-order chi connectivity index (χ1) is 3.27. The fourth-order valence-corrected chi connectivity index (χ4v) is 1.42. The Morgan fingerprint density at radius 3 is 2.14 bits per heavy atom. The summed E-state index contributed by atoms with van der Waals surface area (Å²) in [6.07, 6.45) is 0. The molecule has 0 rings (SSSR count). The van der Waals surface area contributed by atoms with Gasteiger partial charge in [0.15, 0.2) is 0 Å². The Morgan fingerprint density at radius 2 is 2.00 bits per heavy atom. The van der Waals surface area contributed by atoms with Gasteiger partial charge in [-0.3, -0.25) is 0 Å². The Kier molecular flexibility index (Phi) is 4.45. The first kappa shape index (κ1) is 7.18. The van der Waals surface area contributed by atoms with Crippen LogP contribution >= 0.6 is 0 Å². The van der Waals surface area contributed by atoms with Crippen molar-refractivity contribution >= 4 is 9.52 Å². The predicted molar refractivity (Wildman–Crippen MR) is 37.8 cm³/mol. The summed E-state index contributed by atoms with van der Waals surface area (Å²) >= 11 is 0. The highest BCUT2D eigenvalue weighted by atomic mass is 28.2. The standard InChI is InChI=1S/C5H15NSi/c1-6(2)4-5-7-3/h4-5,7H2,1-3H3. The van der Waals surface area contributed by atoms with E-state index in [-0.39, 0.29) is 0 Å². The Hall–Kier alpha value is 0.177. The van der Waals surface area contributed by atoms with Gasteiger partial charge in [-0.1, -0.05) is 12.6 Å². The first-order valence-corrected chi connectivity index (χ1v) is 5.33. The van der Waals surface area contributed by atoms with Crippen LogP contribution in [0.5, 0.6) is 0 Å². The fraction of sp³-hybridized carbons (Fsp3) is 1.00. The quantitative estimate of drug-likeness (QED) is 0.477. The molecule has 0 N–H and O–H groups in total. The highest BCUT2D eigenvalue weighted by Crippen LogP contribution is 1.79. The van der Waals surface area contributed by atoms with E-state index in [2.05, 4.69) is 25.5 Å². The summed E-state index contributed by atoms with van der Waals surface area (Å²) in [5.41, 5.74) is 0. The molecule has 0 amide bonds. The van der Waals surface area contributed by atoms with E-state index in [4.69, 9.17) is 0 Å². The van der Waals surface area contributed by atoms with Gasteiger partial charge >= 0.3 is 0 Å². The lowest BCUT2D eigenvalue weighted by Gasteiger charge is -2.05. The summed E-state index contributed by atoms with van der Waals surface area (Å²) in [5.74, 6) is 0. The van der Waals surface area contributed by atoms with Crippen LogP contribution in [0.3, 0.4) is 0 Å². The highest BCUT2D eigenvalue weighted by Gasteiger charge is 1.84. The lowest BCUT2D eigenvalue weighted by Crippen LogP contribution is -2.13. The minimum Gasteiger partial charge on any atom is -0.310 e. The summed E-state index contributed by atoms with van der Waals surface area (Å²) in [6, 6.07) is 1.47. The van der Waals surface area contributed by atoms with Crippen LogP contribution in [-0.4, -0.2) is 35.1 Å². The van der Waals surface area contributed by atoms with Crippen LogP contribution in [0.15, 0.2) is 0 Å². The topological polar surface area (TPSA) is 3.24 Å². The van der Waals surface area contributed by atoms with Crippen molar-refractivity contribution in [3.63, 3.8) is 0 Å². The van der Waals surface area contributed by atoms with E-state index in [1.165, 1.54) is 12.6 Å². The summed E-state index contributed by atoms with van der Waals surface area (Å²) in [4.78, 5) is 2.25. The van der Waals surface area contributed by atoms with Gasteiger partial charge in [-0.05, 0) is 20.6 Å². The molecule has 0 aliphatic heterocycles. The molecule has 0 aromatic carbocycles. The second-order valence-electron chi connectivity index (χ2n) is 2.16. The second-order valence-corrected chi connectivity index (χ2v) is 3.86. The van der Waals surface area contributed by atoms with Crippen molar-refractivity contribution in [3.8, 4) is 0 Å². The van der Waals surface area contributed by atoms with Gasteiger partial charge in [-0.2, -0.15) is 0 Å². The van der Waals surface area contributed by atoms with Crippen LogP contribution in [0, 0.1) is 0 Å². The van der Waals surface area contributed by atoms with Crippen molar-refractivity contribution in [2.75, 3.05) is 20.6 Å². The molecule has 0 fully saturated rings. The van der Waals surface area contributed by atoms with Gasteiger partial charge in [0.25, 0.3) is 0 Å². The molecule has 0 radical (unpaired) electrons. The van der Waals surface area contributed by atoms with Gasteiger partial charge in [0.05, 0.1) is 0 Å². The van der Waals surface area contributed by atoms with E-state index in [1.807, 2.05) is 0 Å². The lowest BCUT2D eigenvalue weighted by atomic mass is 10.7. The van der Waals surface area contributed by atoms with Gasteiger partial charge in [-0.25, -0.2) is 0 Å². The van der Waals surface area contributed by atoms with E-state index >= 15 is 0 Å². The summed E-state index contributed by atoms with van der Waals surface area (Å²) in [7, 11) is 4.59. The molecular formula is C5H15NSi. The van der Waals surface area contributed by atoms with E-state index in [0.29, 0.717) is 9.52 Å². The van der Waals surface area contributed by atoms with Crippen LogP contribution in [0.1, 0.15) is 0 Å². The molecule has 2 heteroatoms. The third kappa shape index (κ3) is 6.18. The maximum absolute atomic E-state index is 2.35. The molecule has 0 atom stereocenters. The SMILES string of the molecule is C[SiH2]CCN(C)C. The van der Waals surface area contributed by atoms with Crippen molar-refractivity contribution in [2.45, 2.75) is 12.6 Å². The minimum atomic E-state index is 0.330. The van der Waals surface area contributed by atoms with E-state index in [1.54, 1.807) is 0 Å². The monoisotopic (exact) mass is 117 g/mol. The van der Waals surface area contributed by atoms with Gasteiger partial charge in [-0.15, -0.1) is 0 Å². The smallest absolute Gasteiger partial charge is 0.0182 e. The van der Waals surface area contributed by atoms with E-state index in [0.717, 1.165) is 0 Å². The number of hydrogen-bond donors (Lipinski definition) is 0. The molecule has 0 saturated carbocycles. The molecule has 0 aromatic rings. The summed E-state index contributed by atoms with van der Waals surface area (Å²) in [6.45, 7) is 3.65. The van der Waals surface area contributed by atoms with Crippen LogP contribution in [0.25, 0.3) is 0 Å². The first-order valence-electron chi connectivity index (χ1n) is 2.92. The average Bonchev–Trinajstić information content (AvgIpc) is 1.61. The normalized spacial score (nSPS) is 12.0. The number of nitrogens with zero attached hydrogens (tertiary/aromatic N) is 1. The predicted octanol–water partition coefficient (Wildman–Crippen LogP) is 0.183. The van der Waals surface area contributed by atoms with Gasteiger partial charge in [0.1, 0.15) is 0 Å². The van der Waals surface area contributed by atoms with E-state index < -0.39 is 0 Å². The van der Waals surface area contributed by atoms with Crippen molar-refractivity contribution in [2.24, 2.45) is 0 Å². The molecule has 0 aromatic heterocycles. The molecule has 0 saturated heterocycles. The fourth-order valence-electron chi connectivity index (χ4n) is 0.474. The van der Waals surface area contributed by atoms with Crippen molar-refractivity contribution in [1.82, 2.24) is 4.90 Å². The van der Waals surface area contributed by atoms with Gasteiger partial charge in [0.2, 0.25) is 0 Å². The lowest BCUT2D eigenvalue weighted by molar-refractivity contribution is 0.433. The molecule has 0 unspecified atom stereocenters. The molecule has 1 nitrogen and oxygen atoms in total. The van der Waals surface area contributed by atoms with Crippen molar-refractivity contribution in [3.05, 3.63) is 0 Å². The summed E-state index contributed by atoms with van der Waals surface area (Å²) in [5, 5.41) is 0. The Balaban J connectivity index is 2.68. The van der Waals surface area contributed by atoms with Crippen molar-refractivity contribution in [1.29, 1.82) is 0 Å². The Morgan fingerprint density at radius 1 is 1.43 bits per heavy atom. The van der Waals surface area contributed by atoms with Crippen molar-refractivity contribution < 1.29 is 0 Å².